The summed E-state index contributed by atoms with van der Waals surface area (Å²) in [7, 11) is 2.06. The van der Waals surface area contributed by atoms with Crippen molar-refractivity contribution in [3.63, 3.8) is 0 Å². The number of hydrogen-bond acceptors (Lipinski definition) is 1. The van der Waals surface area contributed by atoms with E-state index < -0.39 is 0 Å². The van der Waals surface area contributed by atoms with Crippen molar-refractivity contribution < 1.29 is 0 Å². The molecule has 2 aromatic heterocycles. The monoisotopic (exact) mass is 190 g/mol. The van der Waals surface area contributed by atoms with Gasteiger partial charge in [0.05, 0.1) is 11.7 Å². The lowest BCUT2D eigenvalue weighted by Gasteiger charge is -1.92. The number of aromatic nitrogens is 2. The summed E-state index contributed by atoms with van der Waals surface area (Å²) < 4.78 is 2.13. The van der Waals surface area contributed by atoms with Gasteiger partial charge in [-0.15, -0.1) is 0 Å². The number of nitrogens with zero attached hydrogens (tertiary/aromatic N) is 2. The van der Waals surface area contributed by atoms with Crippen LogP contribution in [0.3, 0.4) is 0 Å². The molecular formula is C12H18N2. The number of pyridine rings is 1. The lowest BCUT2D eigenvalue weighted by atomic mass is 10.2. The van der Waals surface area contributed by atoms with Gasteiger partial charge in [-0.25, -0.2) is 0 Å². The second-order valence-corrected chi connectivity index (χ2v) is 3.01. The molecule has 0 aliphatic rings. The third-order valence-electron chi connectivity index (χ3n) is 2.26. The van der Waals surface area contributed by atoms with Crippen LogP contribution in [0, 0.1) is 0 Å². The molecule has 2 heterocycles. The summed E-state index contributed by atoms with van der Waals surface area (Å²) >= 11 is 0. The van der Waals surface area contributed by atoms with E-state index in [1.165, 1.54) is 16.5 Å². The van der Waals surface area contributed by atoms with Crippen LogP contribution in [0.15, 0.2) is 24.7 Å². The van der Waals surface area contributed by atoms with Crippen LogP contribution in [0.4, 0.5) is 0 Å². The van der Waals surface area contributed by atoms with Crippen molar-refractivity contribution in [2.75, 3.05) is 0 Å². The molecule has 0 atom stereocenters. The maximum Gasteiger partial charge on any atom is 0.0666 e. The highest BCUT2D eigenvalue weighted by atomic mass is 14.9. The zero-order valence-electron chi connectivity index (χ0n) is 9.41. The van der Waals surface area contributed by atoms with E-state index in [4.69, 9.17) is 0 Å². The van der Waals surface area contributed by atoms with Crippen LogP contribution < -0.4 is 0 Å². The largest absolute Gasteiger partial charge is 0.349 e. The zero-order valence-corrected chi connectivity index (χ0v) is 9.41. The van der Waals surface area contributed by atoms with Gasteiger partial charge >= 0.3 is 0 Å². The number of rotatable bonds is 1. The Morgan fingerprint density at radius 3 is 2.71 bits per heavy atom. The Morgan fingerprint density at radius 1 is 1.36 bits per heavy atom. The Hall–Kier alpha value is -1.31. The molecule has 0 saturated heterocycles. The maximum absolute atomic E-state index is 4.10. The third-order valence-corrected chi connectivity index (χ3v) is 2.26. The van der Waals surface area contributed by atoms with Gasteiger partial charge in [0.15, 0.2) is 0 Å². The van der Waals surface area contributed by atoms with Crippen LogP contribution >= 0.6 is 0 Å². The molecule has 0 fully saturated rings. The Kier molecular flexibility index (Phi) is 3.69. The first-order valence-corrected chi connectivity index (χ1v) is 5.21. The molecule has 0 aromatic carbocycles. The van der Waals surface area contributed by atoms with Gasteiger partial charge in [-0.1, -0.05) is 20.8 Å². The van der Waals surface area contributed by atoms with Crippen LogP contribution in [0.2, 0.25) is 0 Å². The summed E-state index contributed by atoms with van der Waals surface area (Å²) in [6.45, 7) is 6.18. The topological polar surface area (TPSA) is 17.8 Å². The second-order valence-electron chi connectivity index (χ2n) is 3.01. The summed E-state index contributed by atoms with van der Waals surface area (Å²) in [5.41, 5.74) is 2.62. The van der Waals surface area contributed by atoms with Crippen molar-refractivity contribution in [2.45, 2.75) is 27.2 Å². The predicted octanol–water partition coefficient (Wildman–Crippen LogP) is 3.16. The lowest BCUT2D eigenvalue weighted by molar-refractivity contribution is 0.951. The van der Waals surface area contributed by atoms with Gasteiger partial charge in [0.25, 0.3) is 0 Å². The smallest absolute Gasteiger partial charge is 0.0666 e. The summed E-state index contributed by atoms with van der Waals surface area (Å²) in [5, 5.41) is 1.33. The van der Waals surface area contributed by atoms with E-state index in [2.05, 4.69) is 35.8 Å². The number of fused-ring (bicyclic) bond motifs is 1. The summed E-state index contributed by atoms with van der Waals surface area (Å²) in [6, 6.07) is 2.08. The average Bonchev–Trinajstić information content (AvgIpc) is 2.59. The first-order valence-electron chi connectivity index (χ1n) is 5.21. The summed E-state index contributed by atoms with van der Waals surface area (Å²) in [4.78, 5) is 4.10. The van der Waals surface area contributed by atoms with E-state index in [9.17, 15) is 0 Å². The standard InChI is InChI=1S/C10H12N2.C2H6/c1-3-8-7-12(2)10-6-11-5-4-9(8)10;1-2/h4-7H,3H2,1-2H3;1-2H3. The van der Waals surface area contributed by atoms with Crippen LogP contribution in [0.1, 0.15) is 26.3 Å². The minimum atomic E-state index is 1.08. The molecule has 0 bridgehead atoms. The highest BCUT2D eigenvalue weighted by Gasteiger charge is 2.02. The maximum atomic E-state index is 4.10. The predicted molar refractivity (Wildman–Crippen MR) is 61.4 cm³/mol. The van der Waals surface area contributed by atoms with Gasteiger partial charge in [-0.05, 0) is 18.1 Å². The minimum Gasteiger partial charge on any atom is -0.349 e. The van der Waals surface area contributed by atoms with Gasteiger partial charge in [-0.2, -0.15) is 0 Å². The van der Waals surface area contributed by atoms with Gasteiger partial charge < -0.3 is 4.57 Å². The average molecular weight is 190 g/mol. The third kappa shape index (κ3) is 1.79. The van der Waals surface area contributed by atoms with Crippen molar-refractivity contribution in [2.24, 2.45) is 7.05 Å². The summed E-state index contributed by atoms with van der Waals surface area (Å²) in [5.74, 6) is 0. The lowest BCUT2D eigenvalue weighted by Crippen LogP contribution is -1.83. The molecule has 0 saturated carbocycles. The second kappa shape index (κ2) is 4.80. The number of hydrogen-bond donors (Lipinski definition) is 0. The highest BCUT2D eigenvalue weighted by molar-refractivity contribution is 5.82. The van der Waals surface area contributed by atoms with Crippen LogP contribution in [0.5, 0.6) is 0 Å². The van der Waals surface area contributed by atoms with Gasteiger partial charge in [0.1, 0.15) is 0 Å². The van der Waals surface area contributed by atoms with Crippen molar-refractivity contribution in [1.82, 2.24) is 9.55 Å². The van der Waals surface area contributed by atoms with Gasteiger partial charge in [0, 0.05) is 24.8 Å². The molecule has 0 radical (unpaired) electrons. The first-order chi connectivity index (χ1) is 6.83. The molecule has 2 nitrogen and oxygen atoms in total. The molecule has 0 aliphatic heterocycles. The molecule has 0 amide bonds. The Labute approximate surface area is 85.6 Å². The van der Waals surface area contributed by atoms with Crippen LogP contribution in [-0.2, 0) is 13.5 Å². The first kappa shape index (κ1) is 10.8. The van der Waals surface area contributed by atoms with E-state index in [-0.39, 0.29) is 0 Å². The van der Waals surface area contributed by atoms with E-state index in [1.54, 1.807) is 0 Å². The van der Waals surface area contributed by atoms with Crippen molar-refractivity contribution in [1.29, 1.82) is 0 Å². The highest BCUT2D eigenvalue weighted by Crippen LogP contribution is 2.19. The molecule has 0 N–H and O–H groups in total. The molecule has 14 heavy (non-hydrogen) atoms. The SMILES string of the molecule is CC.CCc1cn(C)c2cnccc12. The Bertz CT molecular complexity index is 402. The van der Waals surface area contributed by atoms with Crippen molar-refractivity contribution in [3.05, 3.63) is 30.2 Å². The van der Waals surface area contributed by atoms with Gasteiger partial charge in [0.2, 0.25) is 0 Å². The van der Waals surface area contributed by atoms with Crippen molar-refractivity contribution in [3.8, 4) is 0 Å². The molecule has 2 aromatic rings. The molecular weight excluding hydrogens is 172 g/mol. The molecule has 2 rings (SSSR count). The molecule has 2 heteroatoms. The molecule has 76 valence electrons. The molecule has 0 unspecified atom stereocenters. The molecule has 0 aliphatic carbocycles. The summed E-state index contributed by atoms with van der Waals surface area (Å²) in [6.07, 6.45) is 7.02. The zero-order chi connectivity index (χ0) is 10.6. The van der Waals surface area contributed by atoms with E-state index in [0.29, 0.717) is 0 Å². The van der Waals surface area contributed by atoms with E-state index >= 15 is 0 Å². The van der Waals surface area contributed by atoms with Crippen molar-refractivity contribution >= 4 is 10.9 Å². The van der Waals surface area contributed by atoms with E-state index in [0.717, 1.165) is 6.42 Å². The Morgan fingerprint density at radius 2 is 2.07 bits per heavy atom. The Balaban J connectivity index is 0.000000461. The fraction of sp³-hybridized carbons (Fsp3) is 0.417. The minimum absolute atomic E-state index is 1.08. The number of aryl methyl sites for hydroxylation is 2. The quantitative estimate of drug-likeness (QED) is 0.675. The fourth-order valence-electron chi connectivity index (χ4n) is 1.59. The fourth-order valence-corrected chi connectivity index (χ4v) is 1.59. The van der Waals surface area contributed by atoms with E-state index in [1.807, 2.05) is 26.2 Å². The van der Waals surface area contributed by atoms with Crippen LogP contribution in [0.25, 0.3) is 10.9 Å². The van der Waals surface area contributed by atoms with Gasteiger partial charge in [-0.3, -0.25) is 4.98 Å². The normalized spacial score (nSPS) is 9.71. The molecule has 0 spiro atoms. The van der Waals surface area contributed by atoms with Crippen LogP contribution in [-0.4, -0.2) is 9.55 Å².